The van der Waals surface area contributed by atoms with Crippen molar-refractivity contribution < 1.29 is 0 Å². The van der Waals surface area contributed by atoms with Crippen molar-refractivity contribution in [3.8, 4) is 0 Å². The summed E-state index contributed by atoms with van der Waals surface area (Å²) in [5, 5.41) is 8.64. The number of aromatic nitrogens is 5. The van der Waals surface area contributed by atoms with Gasteiger partial charge in [-0.15, -0.1) is 10.2 Å². The molecule has 4 aromatic rings. The van der Waals surface area contributed by atoms with Crippen molar-refractivity contribution in [1.29, 1.82) is 0 Å². The molecule has 0 aliphatic heterocycles. The van der Waals surface area contributed by atoms with Gasteiger partial charge in [-0.1, -0.05) is 42.5 Å². The summed E-state index contributed by atoms with van der Waals surface area (Å²) in [5.74, 6) is 1.92. The summed E-state index contributed by atoms with van der Waals surface area (Å²) < 4.78 is 1.90. The van der Waals surface area contributed by atoms with Crippen LogP contribution in [0.15, 0.2) is 59.4 Å². The van der Waals surface area contributed by atoms with Crippen LogP contribution in [0.4, 0.5) is 0 Å². The van der Waals surface area contributed by atoms with E-state index in [9.17, 15) is 4.79 Å². The molecule has 1 N–H and O–H groups in total. The number of hydrogen-bond donors (Lipinski definition) is 2. The molecule has 1 atom stereocenters. The Labute approximate surface area is 155 Å². The maximum absolute atomic E-state index is 12.3. The molecule has 2 aromatic heterocycles. The van der Waals surface area contributed by atoms with E-state index in [1.165, 1.54) is 0 Å². The number of rotatable bonds is 4. The molecule has 130 valence electrons. The molecule has 0 aliphatic carbocycles. The summed E-state index contributed by atoms with van der Waals surface area (Å²) in [6.07, 6.45) is 0.673. The largest absolute Gasteiger partial charge is 0.317 e. The van der Waals surface area contributed by atoms with Gasteiger partial charge in [-0.2, -0.15) is 12.6 Å². The molecular formula is C19H17N5OS. The molecule has 26 heavy (non-hydrogen) atoms. The van der Waals surface area contributed by atoms with Gasteiger partial charge in [0.05, 0.1) is 10.9 Å². The van der Waals surface area contributed by atoms with Gasteiger partial charge in [-0.25, -0.2) is 4.98 Å². The number of hydrogen-bond acceptors (Lipinski definition) is 5. The van der Waals surface area contributed by atoms with Gasteiger partial charge in [0.2, 0.25) is 0 Å². The van der Waals surface area contributed by atoms with E-state index < -0.39 is 5.25 Å². The van der Waals surface area contributed by atoms with Gasteiger partial charge in [0, 0.05) is 13.5 Å². The van der Waals surface area contributed by atoms with Crippen molar-refractivity contribution in [3.05, 3.63) is 88.0 Å². The van der Waals surface area contributed by atoms with E-state index in [1.807, 2.05) is 48.0 Å². The Morgan fingerprint density at radius 3 is 2.62 bits per heavy atom. The minimum absolute atomic E-state index is 0.184. The van der Waals surface area contributed by atoms with Gasteiger partial charge in [0.25, 0.3) is 5.56 Å². The van der Waals surface area contributed by atoms with Gasteiger partial charge in [0.1, 0.15) is 16.9 Å². The van der Waals surface area contributed by atoms with Crippen LogP contribution in [0.25, 0.3) is 10.9 Å². The Morgan fingerprint density at radius 2 is 1.81 bits per heavy atom. The first-order chi connectivity index (χ1) is 12.6. The maximum Gasteiger partial charge on any atom is 0.258 e. The average Bonchev–Trinajstić information content (AvgIpc) is 3.02. The monoisotopic (exact) mass is 363 g/mol. The van der Waals surface area contributed by atoms with Crippen molar-refractivity contribution >= 4 is 23.5 Å². The van der Waals surface area contributed by atoms with Crippen LogP contribution in [-0.2, 0) is 13.5 Å². The third-order valence-corrected chi connectivity index (χ3v) is 4.81. The Bertz CT molecular complexity index is 1120. The summed E-state index contributed by atoms with van der Waals surface area (Å²) in [6.45, 7) is 0. The first kappa shape index (κ1) is 16.5. The fraction of sp³-hybridized carbons (Fsp3) is 0.158. The lowest BCUT2D eigenvalue weighted by atomic mass is 10.1. The highest BCUT2D eigenvalue weighted by molar-refractivity contribution is 7.80. The van der Waals surface area contributed by atoms with Gasteiger partial charge in [-0.05, 0) is 17.7 Å². The van der Waals surface area contributed by atoms with Crippen LogP contribution in [0.5, 0.6) is 0 Å². The van der Waals surface area contributed by atoms with Crippen LogP contribution in [-0.4, -0.2) is 24.7 Å². The molecule has 0 bridgehead atoms. The van der Waals surface area contributed by atoms with Crippen LogP contribution < -0.4 is 5.56 Å². The molecule has 1 unspecified atom stereocenters. The molecular weight excluding hydrogens is 346 g/mol. The molecule has 4 rings (SSSR count). The zero-order valence-electron chi connectivity index (χ0n) is 14.1. The van der Waals surface area contributed by atoms with Gasteiger partial charge in [0.15, 0.2) is 5.82 Å². The zero-order chi connectivity index (χ0) is 18.1. The molecule has 0 spiro atoms. The lowest BCUT2D eigenvalue weighted by molar-refractivity contribution is 0.756. The van der Waals surface area contributed by atoms with E-state index in [0.29, 0.717) is 29.0 Å². The standard InChI is InChI=1S/C19H17N5OS/c1-24-15(11-12-7-3-2-4-8-12)22-23-18(24)16(26)17-20-14-10-6-5-9-13(14)19(25)21-17/h2-10,16,26H,11H2,1H3,(H,20,21,25). The summed E-state index contributed by atoms with van der Waals surface area (Å²) in [7, 11) is 1.90. The zero-order valence-corrected chi connectivity index (χ0v) is 15.0. The van der Waals surface area contributed by atoms with Crippen molar-refractivity contribution in [1.82, 2.24) is 24.7 Å². The predicted octanol–water partition coefficient (Wildman–Crippen LogP) is 2.66. The third-order valence-electron chi connectivity index (χ3n) is 4.34. The molecule has 0 saturated heterocycles. The number of H-pyrrole nitrogens is 1. The molecule has 7 heteroatoms. The normalized spacial score (nSPS) is 12.4. The Hall–Kier alpha value is -2.93. The third kappa shape index (κ3) is 3.01. The second-order valence-corrected chi connectivity index (χ2v) is 6.58. The number of para-hydroxylation sites is 1. The van der Waals surface area contributed by atoms with Crippen LogP contribution in [0.3, 0.4) is 0 Å². The van der Waals surface area contributed by atoms with E-state index in [0.717, 1.165) is 11.4 Å². The van der Waals surface area contributed by atoms with Crippen LogP contribution >= 0.6 is 12.6 Å². The predicted molar refractivity (Wildman–Crippen MR) is 103 cm³/mol. The first-order valence-corrected chi connectivity index (χ1v) is 8.74. The molecule has 2 heterocycles. The van der Waals surface area contributed by atoms with E-state index in [2.05, 4.69) is 44.9 Å². The van der Waals surface area contributed by atoms with Crippen molar-refractivity contribution in [3.63, 3.8) is 0 Å². The number of nitrogens with one attached hydrogen (secondary N) is 1. The average molecular weight is 363 g/mol. The van der Waals surface area contributed by atoms with Crippen molar-refractivity contribution in [2.45, 2.75) is 11.7 Å². The second-order valence-electron chi connectivity index (χ2n) is 6.07. The number of nitrogens with zero attached hydrogens (tertiary/aromatic N) is 4. The van der Waals surface area contributed by atoms with E-state index in [-0.39, 0.29) is 5.56 Å². The summed E-state index contributed by atoms with van der Waals surface area (Å²) >= 11 is 4.64. The van der Waals surface area contributed by atoms with E-state index >= 15 is 0 Å². The number of fused-ring (bicyclic) bond motifs is 1. The quantitative estimate of drug-likeness (QED) is 0.547. The SMILES string of the molecule is Cn1c(Cc2ccccc2)nnc1C(S)c1nc2ccccc2c(=O)[nH]1. The molecule has 2 aromatic carbocycles. The smallest absolute Gasteiger partial charge is 0.258 e. The number of thiol groups is 1. The highest BCUT2D eigenvalue weighted by atomic mass is 32.1. The van der Waals surface area contributed by atoms with Crippen molar-refractivity contribution in [2.24, 2.45) is 7.05 Å². The molecule has 0 radical (unpaired) electrons. The van der Waals surface area contributed by atoms with E-state index in [1.54, 1.807) is 6.07 Å². The van der Waals surface area contributed by atoms with Gasteiger partial charge < -0.3 is 9.55 Å². The van der Waals surface area contributed by atoms with Crippen LogP contribution in [0.2, 0.25) is 0 Å². The summed E-state index contributed by atoms with van der Waals surface area (Å²) in [6, 6.07) is 17.3. The Kier molecular flexibility index (Phi) is 4.30. The van der Waals surface area contributed by atoms with E-state index in [4.69, 9.17) is 0 Å². The maximum atomic E-state index is 12.3. The lowest BCUT2D eigenvalue weighted by Gasteiger charge is -2.11. The number of aromatic amines is 1. The van der Waals surface area contributed by atoms with Crippen molar-refractivity contribution in [2.75, 3.05) is 0 Å². The Balaban J connectivity index is 1.69. The second kappa shape index (κ2) is 6.76. The first-order valence-electron chi connectivity index (χ1n) is 8.22. The lowest BCUT2D eigenvalue weighted by Crippen LogP contribution is -2.15. The van der Waals surface area contributed by atoms with Gasteiger partial charge in [-0.3, -0.25) is 4.79 Å². The molecule has 0 saturated carbocycles. The summed E-state index contributed by atoms with van der Waals surface area (Å²) in [4.78, 5) is 19.6. The minimum atomic E-state index is -0.477. The molecule has 0 fully saturated rings. The highest BCUT2D eigenvalue weighted by Gasteiger charge is 2.21. The fourth-order valence-corrected chi connectivity index (χ4v) is 3.25. The molecule has 0 amide bonds. The van der Waals surface area contributed by atoms with Gasteiger partial charge >= 0.3 is 0 Å². The highest BCUT2D eigenvalue weighted by Crippen LogP contribution is 2.25. The Morgan fingerprint density at radius 1 is 1.08 bits per heavy atom. The van der Waals surface area contributed by atoms with Crippen LogP contribution in [0, 0.1) is 0 Å². The molecule has 6 nitrogen and oxygen atoms in total. The summed E-state index contributed by atoms with van der Waals surface area (Å²) in [5.41, 5.74) is 1.61. The molecule has 0 aliphatic rings. The topological polar surface area (TPSA) is 76.5 Å². The number of benzene rings is 2. The minimum Gasteiger partial charge on any atom is -0.317 e. The fourth-order valence-electron chi connectivity index (χ4n) is 2.90. The van der Waals surface area contributed by atoms with Crippen LogP contribution in [0.1, 0.15) is 28.3 Å².